The lowest BCUT2D eigenvalue weighted by molar-refractivity contribution is 0.126. The largest absolute Gasteiger partial charge is 0.497 e. The maximum atomic E-state index is 9.90. The van der Waals surface area contributed by atoms with Gasteiger partial charge in [-0.05, 0) is 36.1 Å². The molecule has 0 fully saturated rings. The van der Waals surface area contributed by atoms with Crippen molar-refractivity contribution in [2.45, 2.75) is 26.9 Å². The van der Waals surface area contributed by atoms with E-state index in [2.05, 4.69) is 0 Å². The molecule has 0 saturated carbocycles. The van der Waals surface area contributed by atoms with E-state index in [9.17, 15) is 5.11 Å². The molecule has 0 saturated heterocycles. The fourth-order valence-corrected chi connectivity index (χ4v) is 1.47. The first-order chi connectivity index (χ1) is 6.56. The fourth-order valence-electron chi connectivity index (χ4n) is 1.47. The van der Waals surface area contributed by atoms with Crippen molar-refractivity contribution in [3.63, 3.8) is 0 Å². The predicted molar refractivity (Wildman–Crippen MR) is 57.5 cm³/mol. The minimum Gasteiger partial charge on any atom is -0.497 e. The average molecular weight is 194 g/mol. The molecule has 1 N–H and O–H groups in total. The van der Waals surface area contributed by atoms with Crippen molar-refractivity contribution in [2.75, 3.05) is 7.11 Å². The smallest absolute Gasteiger partial charge is 0.119 e. The summed E-state index contributed by atoms with van der Waals surface area (Å²) in [5, 5.41) is 9.90. The Labute approximate surface area is 85.5 Å². The molecule has 78 valence electrons. The van der Waals surface area contributed by atoms with E-state index < -0.39 is 0 Å². The lowest BCUT2D eigenvalue weighted by atomic mass is 9.95. The van der Waals surface area contributed by atoms with Gasteiger partial charge in [-0.15, -0.1) is 0 Å². The van der Waals surface area contributed by atoms with Crippen LogP contribution in [0.2, 0.25) is 0 Å². The molecular formula is C12H18O2. The number of rotatable bonds is 3. The van der Waals surface area contributed by atoms with E-state index in [-0.39, 0.29) is 12.0 Å². The zero-order valence-corrected chi connectivity index (χ0v) is 9.24. The van der Waals surface area contributed by atoms with E-state index in [4.69, 9.17) is 4.74 Å². The Hall–Kier alpha value is -1.02. The third-order valence-corrected chi connectivity index (χ3v) is 2.43. The number of hydrogen-bond acceptors (Lipinski definition) is 2. The first-order valence-electron chi connectivity index (χ1n) is 4.89. The van der Waals surface area contributed by atoms with Gasteiger partial charge in [0.2, 0.25) is 0 Å². The highest BCUT2D eigenvalue weighted by atomic mass is 16.5. The van der Waals surface area contributed by atoms with Crippen molar-refractivity contribution in [3.05, 3.63) is 29.3 Å². The minimum absolute atomic E-state index is 0.238. The molecule has 14 heavy (non-hydrogen) atoms. The van der Waals surface area contributed by atoms with Crippen LogP contribution in [-0.4, -0.2) is 12.2 Å². The monoisotopic (exact) mass is 194 g/mol. The lowest BCUT2D eigenvalue weighted by Gasteiger charge is -2.17. The molecule has 1 rings (SSSR count). The van der Waals surface area contributed by atoms with Gasteiger partial charge in [-0.2, -0.15) is 0 Å². The molecule has 0 radical (unpaired) electrons. The molecule has 0 spiro atoms. The first kappa shape index (κ1) is 11.1. The van der Waals surface area contributed by atoms with Crippen LogP contribution in [0.3, 0.4) is 0 Å². The van der Waals surface area contributed by atoms with Crippen LogP contribution in [0, 0.1) is 12.8 Å². The molecule has 1 aromatic rings. The summed E-state index contributed by atoms with van der Waals surface area (Å²) in [7, 11) is 1.65. The molecule has 0 aliphatic heterocycles. The maximum absolute atomic E-state index is 9.90. The molecule has 0 aliphatic carbocycles. The van der Waals surface area contributed by atoms with E-state index in [0.29, 0.717) is 0 Å². The lowest BCUT2D eigenvalue weighted by Crippen LogP contribution is -2.07. The fraction of sp³-hybridized carbons (Fsp3) is 0.500. The zero-order valence-electron chi connectivity index (χ0n) is 9.24. The van der Waals surface area contributed by atoms with Gasteiger partial charge in [-0.25, -0.2) is 0 Å². The second-order valence-electron chi connectivity index (χ2n) is 3.91. The molecule has 0 aromatic heterocycles. The van der Waals surface area contributed by atoms with Crippen LogP contribution in [0.1, 0.15) is 31.1 Å². The van der Waals surface area contributed by atoms with Gasteiger partial charge in [-0.1, -0.05) is 19.9 Å². The summed E-state index contributed by atoms with van der Waals surface area (Å²) in [4.78, 5) is 0. The van der Waals surface area contributed by atoms with E-state index >= 15 is 0 Å². The maximum Gasteiger partial charge on any atom is 0.119 e. The summed E-state index contributed by atoms with van der Waals surface area (Å²) in [6.07, 6.45) is -0.388. The van der Waals surface area contributed by atoms with E-state index in [1.54, 1.807) is 7.11 Å². The Morgan fingerprint density at radius 1 is 1.29 bits per heavy atom. The number of benzene rings is 1. The van der Waals surface area contributed by atoms with Crippen LogP contribution in [0.15, 0.2) is 18.2 Å². The van der Waals surface area contributed by atoms with Gasteiger partial charge in [0.1, 0.15) is 5.75 Å². The van der Waals surface area contributed by atoms with Crippen LogP contribution in [0.4, 0.5) is 0 Å². The average Bonchev–Trinajstić information content (AvgIpc) is 2.16. The summed E-state index contributed by atoms with van der Waals surface area (Å²) in [5.74, 6) is 1.07. The second-order valence-corrected chi connectivity index (χ2v) is 3.91. The number of aliphatic hydroxyl groups excluding tert-OH is 1. The van der Waals surface area contributed by atoms with Crippen LogP contribution >= 0.6 is 0 Å². The third kappa shape index (κ3) is 2.26. The molecule has 0 amide bonds. The number of ether oxygens (including phenoxy) is 1. The highest BCUT2D eigenvalue weighted by Gasteiger charge is 2.14. The topological polar surface area (TPSA) is 29.5 Å². The summed E-state index contributed by atoms with van der Waals surface area (Å²) in [5.41, 5.74) is 2.06. The quantitative estimate of drug-likeness (QED) is 0.801. The Bertz CT molecular complexity index is 305. The first-order valence-corrected chi connectivity index (χ1v) is 4.89. The Morgan fingerprint density at radius 3 is 2.36 bits per heavy atom. The molecule has 0 aliphatic rings. The van der Waals surface area contributed by atoms with Crippen LogP contribution in [0.5, 0.6) is 5.75 Å². The van der Waals surface area contributed by atoms with Crippen molar-refractivity contribution in [3.8, 4) is 5.75 Å². The highest BCUT2D eigenvalue weighted by molar-refractivity contribution is 5.36. The van der Waals surface area contributed by atoms with Crippen molar-refractivity contribution in [1.82, 2.24) is 0 Å². The number of aliphatic hydroxyl groups is 1. The molecular weight excluding hydrogens is 176 g/mol. The minimum atomic E-state index is -0.388. The molecule has 2 heteroatoms. The van der Waals surface area contributed by atoms with Crippen molar-refractivity contribution < 1.29 is 9.84 Å². The Balaban J connectivity index is 2.99. The van der Waals surface area contributed by atoms with Gasteiger partial charge in [0.05, 0.1) is 13.2 Å². The summed E-state index contributed by atoms with van der Waals surface area (Å²) in [6.45, 7) is 6.01. The molecule has 2 nitrogen and oxygen atoms in total. The van der Waals surface area contributed by atoms with Gasteiger partial charge >= 0.3 is 0 Å². The van der Waals surface area contributed by atoms with E-state index in [1.165, 1.54) is 0 Å². The van der Waals surface area contributed by atoms with Gasteiger partial charge < -0.3 is 9.84 Å². The normalized spacial score (nSPS) is 13.0. The molecule has 1 aromatic carbocycles. The Kier molecular flexibility index (Phi) is 3.53. The predicted octanol–water partition coefficient (Wildman–Crippen LogP) is 2.69. The van der Waals surface area contributed by atoms with Gasteiger partial charge in [0.15, 0.2) is 0 Å². The highest BCUT2D eigenvalue weighted by Crippen LogP contribution is 2.26. The molecule has 0 heterocycles. The number of aryl methyl sites for hydroxylation is 1. The van der Waals surface area contributed by atoms with Gasteiger partial charge in [0.25, 0.3) is 0 Å². The SMILES string of the molecule is COc1ccc(C(O)C(C)C)c(C)c1. The van der Waals surface area contributed by atoms with Crippen LogP contribution in [0.25, 0.3) is 0 Å². The van der Waals surface area contributed by atoms with Crippen LogP contribution < -0.4 is 4.74 Å². The standard InChI is InChI=1S/C12H18O2/c1-8(2)12(13)11-6-5-10(14-4)7-9(11)3/h5-8,12-13H,1-4H3. The number of hydrogen-bond donors (Lipinski definition) is 1. The summed E-state index contributed by atoms with van der Waals surface area (Å²) in [6, 6.07) is 5.76. The van der Waals surface area contributed by atoms with Gasteiger partial charge in [0, 0.05) is 0 Å². The van der Waals surface area contributed by atoms with Gasteiger partial charge in [-0.3, -0.25) is 0 Å². The zero-order chi connectivity index (χ0) is 10.7. The molecule has 0 bridgehead atoms. The van der Waals surface area contributed by atoms with Crippen LogP contribution in [-0.2, 0) is 0 Å². The number of methoxy groups -OCH3 is 1. The summed E-state index contributed by atoms with van der Waals surface area (Å²) < 4.78 is 5.11. The molecule has 1 unspecified atom stereocenters. The Morgan fingerprint density at radius 2 is 1.93 bits per heavy atom. The molecule has 1 atom stereocenters. The van der Waals surface area contributed by atoms with Crippen molar-refractivity contribution >= 4 is 0 Å². The second kappa shape index (κ2) is 4.47. The third-order valence-electron chi connectivity index (χ3n) is 2.43. The van der Waals surface area contributed by atoms with Crippen molar-refractivity contribution in [1.29, 1.82) is 0 Å². The van der Waals surface area contributed by atoms with E-state index in [0.717, 1.165) is 16.9 Å². The van der Waals surface area contributed by atoms with Crippen molar-refractivity contribution in [2.24, 2.45) is 5.92 Å². The summed E-state index contributed by atoms with van der Waals surface area (Å²) >= 11 is 0. The van der Waals surface area contributed by atoms with E-state index in [1.807, 2.05) is 39.0 Å².